The van der Waals surface area contributed by atoms with Crippen molar-refractivity contribution in [2.45, 2.75) is 18.2 Å². The van der Waals surface area contributed by atoms with Crippen LogP contribution >= 0.6 is 0 Å². The quantitative estimate of drug-likeness (QED) is 0.256. The van der Waals surface area contributed by atoms with Crippen molar-refractivity contribution in [3.8, 4) is 16.9 Å². The van der Waals surface area contributed by atoms with E-state index in [1.807, 2.05) is 18.2 Å². The summed E-state index contributed by atoms with van der Waals surface area (Å²) < 4.78 is 38.3. The standard InChI is InChI=1S/C26H23NO7S/c1-17(14-25(28)29)16-27-35(31,32)22-12-8-19(9-13-22)18-6-10-21(11-7-18)33-26(30)24-15-20-4-2-3-5-23(20)34-24/h2-13,15,17,27H,14,16H2,1H3,(H,28,29). The molecule has 35 heavy (non-hydrogen) atoms. The van der Waals surface area contributed by atoms with E-state index in [1.165, 1.54) is 12.1 Å². The number of ether oxygens (including phenoxy) is 1. The van der Waals surface area contributed by atoms with Crippen LogP contribution in [0.5, 0.6) is 5.75 Å². The van der Waals surface area contributed by atoms with Crippen molar-refractivity contribution in [1.29, 1.82) is 0 Å². The Morgan fingerprint density at radius 1 is 0.971 bits per heavy atom. The van der Waals surface area contributed by atoms with Crippen LogP contribution in [0.2, 0.25) is 0 Å². The molecular weight excluding hydrogens is 470 g/mol. The number of fused-ring (bicyclic) bond motifs is 1. The van der Waals surface area contributed by atoms with Gasteiger partial charge in [0, 0.05) is 18.4 Å². The van der Waals surface area contributed by atoms with Gasteiger partial charge in [0.05, 0.1) is 4.90 Å². The van der Waals surface area contributed by atoms with Crippen LogP contribution in [0, 0.1) is 5.92 Å². The maximum absolute atomic E-state index is 12.5. The van der Waals surface area contributed by atoms with Gasteiger partial charge in [0.2, 0.25) is 15.8 Å². The summed E-state index contributed by atoms with van der Waals surface area (Å²) in [5.41, 5.74) is 2.18. The summed E-state index contributed by atoms with van der Waals surface area (Å²) in [5.74, 6) is -1.46. The number of nitrogens with one attached hydrogen (secondary N) is 1. The van der Waals surface area contributed by atoms with Crippen LogP contribution in [0.3, 0.4) is 0 Å². The van der Waals surface area contributed by atoms with Gasteiger partial charge in [-0.05, 0) is 53.4 Å². The number of hydrogen-bond donors (Lipinski definition) is 2. The first-order chi connectivity index (χ1) is 16.7. The summed E-state index contributed by atoms with van der Waals surface area (Å²) >= 11 is 0. The Kier molecular flexibility index (Phi) is 6.99. The lowest BCUT2D eigenvalue weighted by atomic mass is 10.1. The molecule has 1 atom stereocenters. The number of furan rings is 1. The lowest BCUT2D eigenvalue weighted by molar-refractivity contribution is -0.137. The Morgan fingerprint density at radius 2 is 1.60 bits per heavy atom. The molecule has 1 heterocycles. The number of carboxylic acids is 1. The highest BCUT2D eigenvalue weighted by atomic mass is 32.2. The molecule has 0 amide bonds. The fraction of sp³-hybridized carbons (Fsp3) is 0.154. The number of para-hydroxylation sites is 1. The molecule has 180 valence electrons. The van der Waals surface area contributed by atoms with Gasteiger partial charge in [-0.1, -0.05) is 49.4 Å². The molecule has 9 heteroatoms. The molecule has 4 rings (SSSR count). The van der Waals surface area contributed by atoms with E-state index in [9.17, 15) is 18.0 Å². The number of carbonyl (C=O) groups is 2. The molecule has 0 bridgehead atoms. The number of hydrogen-bond acceptors (Lipinski definition) is 6. The number of esters is 1. The molecule has 1 unspecified atom stereocenters. The van der Waals surface area contributed by atoms with Gasteiger partial charge in [-0.3, -0.25) is 4.79 Å². The smallest absolute Gasteiger partial charge is 0.379 e. The second-order valence-corrected chi connectivity index (χ2v) is 9.91. The minimum Gasteiger partial charge on any atom is -0.481 e. The van der Waals surface area contributed by atoms with E-state index in [0.29, 0.717) is 11.3 Å². The Hall–Kier alpha value is -3.95. The minimum absolute atomic E-state index is 0.0323. The Morgan fingerprint density at radius 3 is 2.23 bits per heavy atom. The van der Waals surface area contributed by atoms with Crippen LogP contribution in [-0.4, -0.2) is 32.0 Å². The first kappa shape index (κ1) is 24.2. The third-order valence-electron chi connectivity index (χ3n) is 5.33. The maximum atomic E-state index is 12.5. The van der Waals surface area contributed by atoms with Crippen molar-refractivity contribution in [3.05, 3.63) is 84.6 Å². The molecular formula is C26H23NO7S. The fourth-order valence-corrected chi connectivity index (χ4v) is 4.65. The van der Waals surface area contributed by atoms with Crippen LogP contribution in [0.4, 0.5) is 0 Å². The van der Waals surface area contributed by atoms with E-state index in [0.717, 1.165) is 16.5 Å². The van der Waals surface area contributed by atoms with Crippen LogP contribution in [0.25, 0.3) is 22.1 Å². The van der Waals surface area contributed by atoms with E-state index in [2.05, 4.69) is 4.72 Å². The normalized spacial score (nSPS) is 12.4. The number of benzene rings is 3. The van der Waals surface area contributed by atoms with Crippen molar-refractivity contribution in [3.63, 3.8) is 0 Å². The van der Waals surface area contributed by atoms with E-state index in [4.69, 9.17) is 14.3 Å². The molecule has 4 aromatic rings. The summed E-state index contributed by atoms with van der Waals surface area (Å²) in [6, 6.07) is 22.0. The molecule has 1 aromatic heterocycles. The minimum atomic E-state index is -3.76. The number of rotatable bonds is 9. The number of carboxylic acid groups (broad SMARTS) is 1. The Balaban J connectivity index is 1.40. The van der Waals surface area contributed by atoms with Gasteiger partial charge in [0.15, 0.2) is 0 Å². The van der Waals surface area contributed by atoms with Gasteiger partial charge in [-0.25, -0.2) is 17.9 Å². The van der Waals surface area contributed by atoms with Crippen molar-refractivity contribution in [2.75, 3.05) is 6.54 Å². The zero-order valence-electron chi connectivity index (χ0n) is 18.8. The van der Waals surface area contributed by atoms with Crippen LogP contribution < -0.4 is 9.46 Å². The lowest BCUT2D eigenvalue weighted by Gasteiger charge is -2.11. The Labute approximate surface area is 202 Å². The molecule has 0 fully saturated rings. The molecule has 0 aliphatic carbocycles. The predicted molar refractivity (Wildman–Crippen MR) is 130 cm³/mol. The largest absolute Gasteiger partial charge is 0.481 e. The SMILES string of the molecule is CC(CNS(=O)(=O)c1ccc(-c2ccc(OC(=O)c3cc4ccccc4o3)cc2)cc1)CC(=O)O. The van der Waals surface area contributed by atoms with Crippen LogP contribution in [0.15, 0.2) is 88.2 Å². The number of aliphatic carboxylic acids is 1. The van der Waals surface area contributed by atoms with Crippen molar-refractivity contribution < 1.29 is 32.3 Å². The molecule has 0 saturated heterocycles. The summed E-state index contributed by atoms with van der Waals surface area (Å²) in [7, 11) is -3.76. The fourth-order valence-electron chi connectivity index (χ4n) is 3.49. The van der Waals surface area contributed by atoms with Gasteiger partial charge in [0.25, 0.3) is 0 Å². The summed E-state index contributed by atoms with van der Waals surface area (Å²) in [5, 5.41) is 9.61. The number of carbonyl (C=O) groups excluding carboxylic acids is 1. The highest BCUT2D eigenvalue weighted by Crippen LogP contribution is 2.25. The van der Waals surface area contributed by atoms with Gasteiger partial charge in [-0.15, -0.1) is 0 Å². The average Bonchev–Trinajstić information content (AvgIpc) is 3.28. The van der Waals surface area contributed by atoms with Crippen LogP contribution in [-0.2, 0) is 14.8 Å². The first-order valence-electron chi connectivity index (χ1n) is 10.8. The molecule has 0 radical (unpaired) electrons. The number of sulfonamides is 1. The van der Waals surface area contributed by atoms with Crippen molar-refractivity contribution in [2.24, 2.45) is 5.92 Å². The van der Waals surface area contributed by atoms with Crippen molar-refractivity contribution in [1.82, 2.24) is 4.72 Å². The maximum Gasteiger partial charge on any atom is 0.379 e. The molecule has 2 N–H and O–H groups in total. The van der Waals surface area contributed by atoms with E-state index < -0.39 is 22.0 Å². The monoisotopic (exact) mass is 493 g/mol. The molecule has 0 spiro atoms. The topological polar surface area (TPSA) is 123 Å². The zero-order valence-corrected chi connectivity index (χ0v) is 19.6. The van der Waals surface area contributed by atoms with E-state index >= 15 is 0 Å². The molecule has 8 nitrogen and oxygen atoms in total. The van der Waals surface area contributed by atoms with E-state index in [1.54, 1.807) is 55.5 Å². The average molecular weight is 494 g/mol. The van der Waals surface area contributed by atoms with Gasteiger partial charge in [0.1, 0.15) is 11.3 Å². The third-order valence-corrected chi connectivity index (χ3v) is 6.77. The van der Waals surface area contributed by atoms with E-state index in [-0.39, 0.29) is 29.5 Å². The second kappa shape index (κ2) is 10.1. The summed E-state index contributed by atoms with van der Waals surface area (Å²) in [6.45, 7) is 1.70. The lowest BCUT2D eigenvalue weighted by Crippen LogP contribution is -2.29. The molecule has 0 aliphatic rings. The molecule has 3 aromatic carbocycles. The Bertz CT molecular complexity index is 1420. The summed E-state index contributed by atoms with van der Waals surface area (Å²) in [4.78, 5) is 23.2. The highest BCUT2D eigenvalue weighted by molar-refractivity contribution is 7.89. The van der Waals surface area contributed by atoms with Gasteiger partial charge < -0.3 is 14.3 Å². The highest BCUT2D eigenvalue weighted by Gasteiger charge is 2.17. The zero-order chi connectivity index (χ0) is 25.0. The molecule has 0 aliphatic heterocycles. The van der Waals surface area contributed by atoms with Crippen LogP contribution in [0.1, 0.15) is 23.9 Å². The second-order valence-electron chi connectivity index (χ2n) is 8.14. The molecule has 0 saturated carbocycles. The third kappa shape index (κ3) is 5.95. The predicted octanol–water partition coefficient (Wildman–Crippen LogP) is 4.71. The van der Waals surface area contributed by atoms with Gasteiger partial charge >= 0.3 is 11.9 Å². The summed E-state index contributed by atoms with van der Waals surface area (Å²) in [6.07, 6.45) is -0.120. The van der Waals surface area contributed by atoms with Crippen molar-refractivity contribution >= 4 is 32.9 Å². The first-order valence-corrected chi connectivity index (χ1v) is 12.3. The van der Waals surface area contributed by atoms with Gasteiger partial charge in [-0.2, -0.15) is 0 Å².